The molecule has 2 rings (SSSR count). The molecule has 0 saturated carbocycles. The third kappa shape index (κ3) is 1.86. The van der Waals surface area contributed by atoms with Crippen LogP contribution in [0.25, 0.3) is 0 Å². The summed E-state index contributed by atoms with van der Waals surface area (Å²) in [4.78, 5) is 23.7. The first-order valence-corrected chi connectivity index (χ1v) is 5.16. The highest BCUT2D eigenvalue weighted by Crippen LogP contribution is 2.29. The topological polar surface area (TPSA) is 86.9 Å². The van der Waals surface area contributed by atoms with Crippen molar-refractivity contribution >= 4 is 17.4 Å². The molecule has 7 nitrogen and oxygen atoms in total. The Bertz CT molecular complexity index is 508. The summed E-state index contributed by atoms with van der Waals surface area (Å²) in [5, 5.41) is 19.5. The minimum atomic E-state index is -1.05. The minimum absolute atomic E-state index is 0.148. The van der Waals surface area contributed by atoms with E-state index in [9.17, 15) is 19.3 Å². The molecule has 0 atom stereocenters. The van der Waals surface area contributed by atoms with Crippen LogP contribution in [0, 0.1) is 15.9 Å². The van der Waals surface area contributed by atoms with Crippen molar-refractivity contribution < 1.29 is 19.2 Å². The lowest BCUT2D eigenvalue weighted by molar-refractivity contribution is -0.387. The van der Waals surface area contributed by atoms with Gasteiger partial charge in [-0.25, -0.2) is 4.79 Å². The Morgan fingerprint density at radius 2 is 2.17 bits per heavy atom. The minimum Gasteiger partial charge on any atom is -0.376 e. The van der Waals surface area contributed by atoms with Crippen LogP contribution in [-0.2, 0) is 0 Å². The second-order valence-electron chi connectivity index (χ2n) is 3.71. The molecule has 1 heterocycles. The summed E-state index contributed by atoms with van der Waals surface area (Å²) in [6, 6.07) is 3.06. The molecular formula is C10H10FN3O4. The van der Waals surface area contributed by atoms with Gasteiger partial charge in [0, 0.05) is 19.2 Å². The summed E-state index contributed by atoms with van der Waals surface area (Å²) in [7, 11) is 0. The molecular weight excluding hydrogens is 245 g/mol. The van der Waals surface area contributed by atoms with Crippen LogP contribution >= 0.6 is 0 Å². The number of carbonyl (C=O) groups excluding carboxylic acids is 1. The zero-order valence-corrected chi connectivity index (χ0v) is 9.24. The van der Waals surface area contributed by atoms with Gasteiger partial charge in [-0.05, 0) is 6.07 Å². The Hall–Kier alpha value is -2.22. The summed E-state index contributed by atoms with van der Waals surface area (Å²) in [5.74, 6) is -1.05. The number of anilines is 1. The summed E-state index contributed by atoms with van der Waals surface area (Å²) in [6.07, 6.45) is 0. The molecule has 0 spiro atoms. The van der Waals surface area contributed by atoms with E-state index in [2.05, 4.69) is 0 Å². The quantitative estimate of drug-likeness (QED) is 0.642. The van der Waals surface area contributed by atoms with Gasteiger partial charge in [-0.15, -0.1) is 0 Å². The van der Waals surface area contributed by atoms with E-state index in [0.29, 0.717) is 0 Å². The Morgan fingerprint density at radius 1 is 1.44 bits per heavy atom. The molecule has 1 N–H and O–H groups in total. The van der Waals surface area contributed by atoms with E-state index in [1.165, 1.54) is 12.1 Å². The molecule has 1 aromatic carbocycles. The van der Waals surface area contributed by atoms with E-state index in [0.717, 1.165) is 15.9 Å². The standard InChI is InChI=1S/C10H10FN3O4/c11-9-7(2-1-3-8(9)14(17)18)13-5-4-12(6-15)10(13)16/h1-3,15H,4-6H2. The van der Waals surface area contributed by atoms with Gasteiger partial charge < -0.3 is 5.11 Å². The number of aliphatic hydroxyl groups excluding tert-OH is 1. The number of hydrogen-bond acceptors (Lipinski definition) is 4. The SMILES string of the molecule is O=C1N(CO)CCN1c1cccc([N+](=O)[O-])c1F. The fraction of sp³-hybridized carbons (Fsp3) is 0.300. The first-order chi connectivity index (χ1) is 8.56. The maximum Gasteiger partial charge on any atom is 0.326 e. The number of amides is 2. The highest BCUT2D eigenvalue weighted by Gasteiger charge is 2.32. The molecule has 8 heteroatoms. The number of halogens is 1. The monoisotopic (exact) mass is 255 g/mol. The van der Waals surface area contributed by atoms with Gasteiger partial charge in [0.15, 0.2) is 0 Å². The van der Waals surface area contributed by atoms with Gasteiger partial charge in [-0.3, -0.25) is 19.9 Å². The van der Waals surface area contributed by atoms with Crippen molar-refractivity contribution in [2.45, 2.75) is 0 Å². The average Bonchev–Trinajstić information content (AvgIpc) is 2.70. The number of urea groups is 1. The van der Waals surface area contributed by atoms with Crippen molar-refractivity contribution in [2.75, 3.05) is 24.7 Å². The van der Waals surface area contributed by atoms with Gasteiger partial charge in [0.1, 0.15) is 6.73 Å². The van der Waals surface area contributed by atoms with Crippen molar-refractivity contribution in [3.8, 4) is 0 Å². The van der Waals surface area contributed by atoms with Crippen LogP contribution in [0.1, 0.15) is 0 Å². The third-order valence-electron chi connectivity index (χ3n) is 2.71. The summed E-state index contributed by atoms with van der Waals surface area (Å²) >= 11 is 0. The van der Waals surface area contributed by atoms with Gasteiger partial charge in [0.25, 0.3) is 0 Å². The fourth-order valence-corrected chi connectivity index (χ4v) is 1.79. The van der Waals surface area contributed by atoms with Crippen LogP contribution in [0.3, 0.4) is 0 Å². The van der Waals surface area contributed by atoms with Crippen molar-refractivity contribution in [3.63, 3.8) is 0 Å². The van der Waals surface area contributed by atoms with Gasteiger partial charge in [0.05, 0.1) is 10.6 Å². The lowest BCUT2D eigenvalue weighted by Crippen LogP contribution is -2.32. The Morgan fingerprint density at radius 3 is 2.72 bits per heavy atom. The van der Waals surface area contributed by atoms with Crippen LogP contribution in [0.2, 0.25) is 0 Å². The zero-order valence-electron chi connectivity index (χ0n) is 9.24. The number of rotatable bonds is 3. The molecule has 0 aromatic heterocycles. The second kappa shape index (κ2) is 4.57. The Kier molecular flexibility index (Phi) is 3.11. The zero-order chi connectivity index (χ0) is 13.3. The van der Waals surface area contributed by atoms with Crippen molar-refractivity contribution in [3.05, 3.63) is 34.1 Å². The van der Waals surface area contributed by atoms with E-state index in [4.69, 9.17) is 5.11 Å². The van der Waals surface area contributed by atoms with Gasteiger partial charge in [0.2, 0.25) is 5.82 Å². The molecule has 1 aliphatic rings. The first kappa shape index (κ1) is 12.2. The lowest BCUT2D eigenvalue weighted by Gasteiger charge is -2.17. The summed E-state index contributed by atoms with van der Waals surface area (Å²) in [5.41, 5.74) is -0.826. The van der Waals surface area contributed by atoms with Crippen molar-refractivity contribution in [1.29, 1.82) is 0 Å². The molecule has 1 fully saturated rings. The predicted molar refractivity (Wildman–Crippen MR) is 59.6 cm³/mol. The third-order valence-corrected chi connectivity index (χ3v) is 2.71. The lowest BCUT2D eigenvalue weighted by atomic mass is 10.2. The molecule has 96 valence electrons. The second-order valence-corrected chi connectivity index (χ2v) is 3.71. The summed E-state index contributed by atoms with van der Waals surface area (Å²) < 4.78 is 13.9. The molecule has 0 aliphatic carbocycles. The van der Waals surface area contributed by atoms with Crippen molar-refractivity contribution in [1.82, 2.24) is 4.90 Å². The smallest absolute Gasteiger partial charge is 0.326 e. The van der Waals surface area contributed by atoms with E-state index >= 15 is 0 Å². The fourth-order valence-electron chi connectivity index (χ4n) is 1.79. The largest absolute Gasteiger partial charge is 0.376 e. The molecule has 1 aliphatic heterocycles. The number of benzene rings is 1. The van der Waals surface area contributed by atoms with E-state index in [1.807, 2.05) is 0 Å². The van der Waals surface area contributed by atoms with Crippen LogP contribution in [0.15, 0.2) is 18.2 Å². The van der Waals surface area contributed by atoms with Gasteiger partial charge in [-0.1, -0.05) is 6.07 Å². The number of nitro groups is 1. The van der Waals surface area contributed by atoms with Crippen molar-refractivity contribution in [2.24, 2.45) is 0 Å². The maximum absolute atomic E-state index is 13.9. The molecule has 1 aromatic rings. The Labute approximate surface area is 101 Å². The molecule has 0 unspecified atom stereocenters. The molecule has 18 heavy (non-hydrogen) atoms. The number of nitro benzene ring substituents is 1. The highest BCUT2D eigenvalue weighted by atomic mass is 19.1. The predicted octanol–water partition coefficient (Wildman–Crippen LogP) is 0.926. The molecule has 2 amide bonds. The number of nitrogens with zero attached hydrogens (tertiary/aromatic N) is 3. The van der Waals surface area contributed by atoms with Gasteiger partial charge >= 0.3 is 11.7 Å². The average molecular weight is 255 g/mol. The van der Waals surface area contributed by atoms with Crippen LogP contribution < -0.4 is 4.90 Å². The Balaban J connectivity index is 2.38. The van der Waals surface area contributed by atoms with Gasteiger partial charge in [-0.2, -0.15) is 4.39 Å². The highest BCUT2D eigenvalue weighted by molar-refractivity contribution is 5.94. The molecule has 0 bridgehead atoms. The number of hydrogen-bond donors (Lipinski definition) is 1. The van der Waals surface area contributed by atoms with E-state index < -0.39 is 29.2 Å². The van der Waals surface area contributed by atoms with E-state index in [1.54, 1.807) is 0 Å². The van der Waals surface area contributed by atoms with Crippen LogP contribution in [-0.4, -0.2) is 40.8 Å². The van der Waals surface area contributed by atoms with Crippen LogP contribution in [0.4, 0.5) is 20.6 Å². The van der Waals surface area contributed by atoms with Crippen LogP contribution in [0.5, 0.6) is 0 Å². The summed E-state index contributed by atoms with van der Waals surface area (Å²) in [6.45, 7) is -0.0408. The normalized spacial score (nSPS) is 15.3. The molecule has 1 saturated heterocycles. The maximum atomic E-state index is 13.9. The molecule has 0 radical (unpaired) electrons. The first-order valence-electron chi connectivity index (χ1n) is 5.16. The van der Waals surface area contributed by atoms with E-state index in [-0.39, 0.29) is 18.8 Å². The number of aliphatic hydroxyl groups is 1. The number of carbonyl (C=O) groups is 1.